The van der Waals surface area contributed by atoms with Crippen LogP contribution in [0.1, 0.15) is 39.0 Å². The summed E-state index contributed by atoms with van der Waals surface area (Å²) >= 11 is 0. The zero-order valence-electron chi connectivity index (χ0n) is 12.5. The average molecular weight is 289 g/mol. The van der Waals surface area contributed by atoms with E-state index in [9.17, 15) is 0 Å². The van der Waals surface area contributed by atoms with Crippen LogP contribution in [-0.4, -0.2) is 32.2 Å². The first kappa shape index (κ1) is 14.3. The van der Waals surface area contributed by atoms with E-state index in [0.29, 0.717) is 17.4 Å². The second-order valence-electron chi connectivity index (χ2n) is 5.99. The fourth-order valence-corrected chi connectivity index (χ4v) is 3.08. The summed E-state index contributed by atoms with van der Waals surface area (Å²) in [6, 6.07) is 0. The van der Waals surface area contributed by atoms with E-state index in [0.717, 1.165) is 31.1 Å². The van der Waals surface area contributed by atoms with Crippen LogP contribution in [0.15, 0.2) is 12.7 Å². The summed E-state index contributed by atoms with van der Waals surface area (Å²) in [5, 5.41) is 0. The Balaban J connectivity index is 1.49. The van der Waals surface area contributed by atoms with Gasteiger partial charge in [-0.05, 0) is 25.2 Å². The van der Waals surface area contributed by atoms with Crippen LogP contribution >= 0.6 is 0 Å². The molecule has 1 aliphatic carbocycles. The lowest BCUT2D eigenvalue weighted by Gasteiger charge is -2.26. The molecule has 6 heteroatoms. The fraction of sp³-hybridized carbons (Fsp3) is 0.667. The number of ether oxygens (including phenoxy) is 1. The highest BCUT2D eigenvalue weighted by Crippen LogP contribution is 2.25. The van der Waals surface area contributed by atoms with E-state index in [1.165, 1.54) is 32.0 Å². The molecule has 3 rings (SSSR count). The summed E-state index contributed by atoms with van der Waals surface area (Å²) in [7, 11) is 0. The lowest BCUT2D eigenvalue weighted by Crippen LogP contribution is -2.22. The van der Waals surface area contributed by atoms with Crippen LogP contribution in [0.4, 0.5) is 5.82 Å². The van der Waals surface area contributed by atoms with Gasteiger partial charge in [0.1, 0.15) is 11.8 Å². The highest BCUT2D eigenvalue weighted by atomic mass is 16.5. The van der Waals surface area contributed by atoms with Crippen LogP contribution < -0.4 is 5.73 Å². The van der Waals surface area contributed by atoms with E-state index in [-0.39, 0.29) is 0 Å². The number of fused-ring (bicyclic) bond motifs is 1. The predicted molar refractivity (Wildman–Crippen MR) is 81.7 cm³/mol. The minimum atomic E-state index is 0.436. The van der Waals surface area contributed by atoms with E-state index >= 15 is 0 Å². The summed E-state index contributed by atoms with van der Waals surface area (Å²) in [4.78, 5) is 12.5. The minimum absolute atomic E-state index is 0.436. The molecule has 0 saturated heterocycles. The molecule has 0 aromatic carbocycles. The summed E-state index contributed by atoms with van der Waals surface area (Å²) in [5.41, 5.74) is 7.26. The Morgan fingerprint density at radius 3 is 3.10 bits per heavy atom. The number of rotatable bonds is 5. The third-order valence-electron chi connectivity index (χ3n) is 4.21. The average Bonchev–Trinajstić information content (AvgIpc) is 2.88. The summed E-state index contributed by atoms with van der Waals surface area (Å²) in [5.74, 6) is 1.24. The number of anilines is 1. The minimum Gasteiger partial charge on any atom is -0.382 e. The normalized spacial score (nSPS) is 22.7. The van der Waals surface area contributed by atoms with E-state index < -0.39 is 0 Å². The fourth-order valence-electron chi connectivity index (χ4n) is 3.08. The van der Waals surface area contributed by atoms with Gasteiger partial charge in [0.15, 0.2) is 11.5 Å². The van der Waals surface area contributed by atoms with Gasteiger partial charge in [0.2, 0.25) is 0 Å². The molecule has 0 radical (unpaired) electrons. The van der Waals surface area contributed by atoms with Crippen LogP contribution in [-0.2, 0) is 11.3 Å². The maximum Gasteiger partial charge on any atom is 0.165 e. The highest BCUT2D eigenvalue weighted by molar-refractivity contribution is 5.80. The van der Waals surface area contributed by atoms with E-state index in [4.69, 9.17) is 10.5 Å². The zero-order chi connectivity index (χ0) is 14.7. The van der Waals surface area contributed by atoms with Crippen molar-refractivity contribution in [3.8, 4) is 0 Å². The number of aromatic nitrogens is 4. The van der Waals surface area contributed by atoms with Crippen molar-refractivity contribution in [1.82, 2.24) is 19.5 Å². The van der Waals surface area contributed by atoms with Gasteiger partial charge in [0.25, 0.3) is 0 Å². The van der Waals surface area contributed by atoms with E-state index in [2.05, 4.69) is 21.9 Å². The first-order valence-corrected chi connectivity index (χ1v) is 7.77. The molecule has 2 N–H and O–H groups in total. The quantitative estimate of drug-likeness (QED) is 0.855. The van der Waals surface area contributed by atoms with E-state index in [1.54, 1.807) is 6.33 Å². The smallest absolute Gasteiger partial charge is 0.165 e. The number of nitrogen functional groups attached to an aromatic ring is 1. The molecule has 2 aromatic rings. The maximum absolute atomic E-state index is 6.00. The van der Waals surface area contributed by atoms with Crippen molar-refractivity contribution in [2.24, 2.45) is 5.92 Å². The summed E-state index contributed by atoms with van der Waals surface area (Å²) in [6.07, 6.45) is 9.73. The Hall–Kier alpha value is -1.69. The van der Waals surface area contributed by atoms with Crippen molar-refractivity contribution >= 4 is 17.0 Å². The van der Waals surface area contributed by atoms with Crippen molar-refractivity contribution < 1.29 is 4.74 Å². The molecule has 1 saturated carbocycles. The van der Waals surface area contributed by atoms with Crippen molar-refractivity contribution in [1.29, 1.82) is 0 Å². The van der Waals surface area contributed by atoms with Crippen LogP contribution in [0.2, 0.25) is 0 Å². The van der Waals surface area contributed by atoms with Gasteiger partial charge in [-0.15, -0.1) is 0 Å². The van der Waals surface area contributed by atoms with Crippen LogP contribution in [0.3, 0.4) is 0 Å². The largest absolute Gasteiger partial charge is 0.382 e. The number of hydrogen-bond acceptors (Lipinski definition) is 5. The van der Waals surface area contributed by atoms with Gasteiger partial charge in [-0.25, -0.2) is 15.0 Å². The van der Waals surface area contributed by atoms with Crippen LogP contribution in [0.5, 0.6) is 0 Å². The Bertz CT molecular complexity index is 597. The molecule has 2 atom stereocenters. The molecular weight excluding hydrogens is 266 g/mol. The Morgan fingerprint density at radius 2 is 2.24 bits per heavy atom. The van der Waals surface area contributed by atoms with Crippen molar-refractivity contribution in [3.63, 3.8) is 0 Å². The molecule has 6 nitrogen and oxygen atoms in total. The van der Waals surface area contributed by atoms with Crippen molar-refractivity contribution in [2.75, 3.05) is 12.3 Å². The van der Waals surface area contributed by atoms with Gasteiger partial charge in [0.05, 0.1) is 12.4 Å². The number of aryl methyl sites for hydroxylation is 1. The molecule has 0 bridgehead atoms. The maximum atomic E-state index is 6.00. The van der Waals surface area contributed by atoms with Gasteiger partial charge in [-0.2, -0.15) is 0 Å². The molecule has 0 aliphatic heterocycles. The summed E-state index contributed by atoms with van der Waals surface area (Å²) < 4.78 is 8.01. The third-order valence-corrected chi connectivity index (χ3v) is 4.21. The van der Waals surface area contributed by atoms with Crippen LogP contribution in [0, 0.1) is 5.92 Å². The molecule has 2 heterocycles. The molecule has 1 fully saturated rings. The second-order valence-corrected chi connectivity index (χ2v) is 5.99. The molecule has 0 amide bonds. The Morgan fingerprint density at radius 1 is 1.33 bits per heavy atom. The first-order chi connectivity index (χ1) is 10.2. The number of nitrogens with two attached hydrogens (primary N) is 1. The number of imidazole rings is 1. The third kappa shape index (κ3) is 3.32. The lowest BCUT2D eigenvalue weighted by molar-refractivity contribution is 0.0133. The number of hydrogen-bond donors (Lipinski definition) is 1. The molecule has 1 aliphatic rings. The SMILES string of the molecule is CC1CCCC(OCCCn2cnc3c(N)ncnc32)C1. The zero-order valence-corrected chi connectivity index (χ0v) is 12.5. The van der Waals surface area contributed by atoms with Gasteiger partial charge in [0, 0.05) is 13.2 Å². The van der Waals surface area contributed by atoms with Crippen molar-refractivity contribution in [2.45, 2.75) is 51.7 Å². The van der Waals surface area contributed by atoms with E-state index in [1.807, 2.05) is 4.57 Å². The second kappa shape index (κ2) is 6.39. The van der Waals surface area contributed by atoms with Crippen molar-refractivity contribution in [3.05, 3.63) is 12.7 Å². The molecule has 2 aromatic heterocycles. The molecule has 2 unspecified atom stereocenters. The highest BCUT2D eigenvalue weighted by Gasteiger charge is 2.18. The monoisotopic (exact) mass is 289 g/mol. The Labute approximate surface area is 124 Å². The van der Waals surface area contributed by atoms with Gasteiger partial charge in [-0.1, -0.05) is 19.8 Å². The van der Waals surface area contributed by atoms with Crippen LogP contribution in [0.25, 0.3) is 11.2 Å². The summed E-state index contributed by atoms with van der Waals surface area (Å²) in [6.45, 7) is 3.95. The van der Waals surface area contributed by atoms with Gasteiger partial charge < -0.3 is 15.0 Å². The topological polar surface area (TPSA) is 78.9 Å². The van der Waals surface area contributed by atoms with Gasteiger partial charge >= 0.3 is 0 Å². The number of nitrogens with zero attached hydrogens (tertiary/aromatic N) is 4. The molecule has 114 valence electrons. The first-order valence-electron chi connectivity index (χ1n) is 7.77. The van der Waals surface area contributed by atoms with Gasteiger partial charge in [-0.3, -0.25) is 0 Å². The lowest BCUT2D eigenvalue weighted by atomic mass is 9.89. The molecular formula is C15H23N5O. The molecule has 0 spiro atoms. The Kier molecular flexibility index (Phi) is 4.34. The standard InChI is InChI=1S/C15H23N5O/c1-11-4-2-5-12(8-11)21-7-3-6-20-10-19-13-14(16)17-9-18-15(13)20/h9-12H,2-8H2,1H3,(H2,16,17,18). The molecule has 21 heavy (non-hydrogen) atoms. The predicted octanol–water partition coefficient (Wildman–Crippen LogP) is 2.39.